The van der Waals surface area contributed by atoms with Gasteiger partial charge >= 0.3 is 0 Å². The second-order valence-electron chi connectivity index (χ2n) is 4.69. The number of amides is 1. The first-order chi connectivity index (χ1) is 9.21. The van der Waals surface area contributed by atoms with E-state index < -0.39 is 37.1 Å². The predicted octanol–water partition coefficient (Wildman–Crippen LogP) is 2.52. The molecule has 0 bridgehead atoms. The highest BCUT2D eigenvalue weighted by Crippen LogP contribution is 2.26. The van der Waals surface area contributed by atoms with Crippen LogP contribution >= 0.6 is 10.7 Å². The smallest absolute Gasteiger partial charge is 0.264 e. The Hall–Kier alpha value is -1.21. The summed E-state index contributed by atoms with van der Waals surface area (Å²) in [6.07, 6.45) is 1.54. The van der Waals surface area contributed by atoms with Gasteiger partial charge in [0.15, 0.2) is 5.82 Å². The fraction of sp³-hybridized carbons (Fsp3) is 0.417. The number of likely N-dealkylation sites (tertiary alicyclic amines) is 1. The lowest BCUT2D eigenvalue weighted by Crippen LogP contribution is -2.34. The molecule has 1 atom stereocenters. The molecule has 1 heterocycles. The molecule has 1 aromatic rings. The summed E-state index contributed by atoms with van der Waals surface area (Å²) in [6, 6.07) is 1.05. The van der Waals surface area contributed by atoms with Gasteiger partial charge in [0, 0.05) is 23.3 Å². The summed E-state index contributed by atoms with van der Waals surface area (Å²) in [5.74, 6) is -3.07. The Bertz CT molecular complexity index is 663. The van der Waals surface area contributed by atoms with Crippen LogP contribution in [0.4, 0.5) is 8.78 Å². The molecule has 4 nitrogen and oxygen atoms in total. The van der Waals surface area contributed by atoms with E-state index in [0.717, 1.165) is 12.8 Å². The van der Waals surface area contributed by atoms with Crippen molar-refractivity contribution in [1.82, 2.24) is 4.90 Å². The topological polar surface area (TPSA) is 54.5 Å². The lowest BCUT2D eigenvalue weighted by Gasteiger charge is -2.22. The number of halogens is 3. The first-order valence-corrected chi connectivity index (χ1v) is 8.27. The van der Waals surface area contributed by atoms with Gasteiger partial charge in [-0.1, -0.05) is 0 Å². The van der Waals surface area contributed by atoms with Crippen molar-refractivity contribution in [2.24, 2.45) is 0 Å². The van der Waals surface area contributed by atoms with Gasteiger partial charge in [-0.3, -0.25) is 4.79 Å². The van der Waals surface area contributed by atoms with Crippen LogP contribution in [0, 0.1) is 11.6 Å². The van der Waals surface area contributed by atoms with Crippen molar-refractivity contribution in [1.29, 1.82) is 0 Å². The number of hydrogen-bond donors (Lipinski definition) is 0. The van der Waals surface area contributed by atoms with Crippen molar-refractivity contribution in [3.63, 3.8) is 0 Å². The Kier molecular flexibility index (Phi) is 4.02. The Balaban J connectivity index is 2.52. The summed E-state index contributed by atoms with van der Waals surface area (Å²) < 4.78 is 49.9. The largest absolute Gasteiger partial charge is 0.336 e. The van der Waals surface area contributed by atoms with Crippen molar-refractivity contribution in [2.45, 2.75) is 30.7 Å². The number of benzene rings is 1. The maximum Gasteiger partial charge on any atom is 0.264 e. The summed E-state index contributed by atoms with van der Waals surface area (Å²) >= 11 is 0. The van der Waals surface area contributed by atoms with Crippen LogP contribution in [0.5, 0.6) is 0 Å². The van der Waals surface area contributed by atoms with Crippen LogP contribution in [-0.2, 0) is 9.05 Å². The fourth-order valence-corrected chi connectivity index (χ4v) is 3.20. The molecule has 1 saturated heterocycles. The number of hydrogen-bond acceptors (Lipinski definition) is 3. The van der Waals surface area contributed by atoms with Crippen LogP contribution in [0.25, 0.3) is 0 Å². The molecule has 20 heavy (non-hydrogen) atoms. The van der Waals surface area contributed by atoms with E-state index in [1.165, 1.54) is 4.90 Å². The van der Waals surface area contributed by atoms with E-state index in [4.69, 9.17) is 10.7 Å². The molecule has 1 aliphatic heterocycles. The maximum absolute atomic E-state index is 14.1. The lowest BCUT2D eigenvalue weighted by atomic mass is 10.1. The summed E-state index contributed by atoms with van der Waals surface area (Å²) in [5.41, 5.74) is -0.613. The minimum absolute atomic E-state index is 0.0961. The number of nitrogens with zero attached hydrogens (tertiary/aromatic N) is 1. The van der Waals surface area contributed by atoms with Gasteiger partial charge in [0.1, 0.15) is 10.7 Å². The van der Waals surface area contributed by atoms with Crippen LogP contribution in [0.2, 0.25) is 0 Å². The summed E-state index contributed by atoms with van der Waals surface area (Å²) in [5, 5.41) is 0. The molecule has 0 aliphatic carbocycles. The summed E-state index contributed by atoms with van der Waals surface area (Å²) in [4.78, 5) is 12.6. The first-order valence-electron chi connectivity index (χ1n) is 5.96. The summed E-state index contributed by atoms with van der Waals surface area (Å²) in [7, 11) is 0.579. The SMILES string of the molecule is CC1CCCN1C(=O)c1cc(F)cc(S(=O)(=O)Cl)c1F. The minimum Gasteiger partial charge on any atom is -0.336 e. The second kappa shape index (κ2) is 5.29. The average Bonchev–Trinajstić information content (AvgIpc) is 2.75. The molecule has 0 spiro atoms. The van der Waals surface area contributed by atoms with Crippen molar-refractivity contribution in [2.75, 3.05) is 6.54 Å². The van der Waals surface area contributed by atoms with E-state index in [2.05, 4.69) is 0 Å². The molecule has 1 unspecified atom stereocenters. The third-order valence-corrected chi connectivity index (χ3v) is 4.63. The highest BCUT2D eigenvalue weighted by molar-refractivity contribution is 8.13. The van der Waals surface area contributed by atoms with Gasteiger partial charge in [-0.25, -0.2) is 17.2 Å². The van der Waals surface area contributed by atoms with Gasteiger partial charge < -0.3 is 4.90 Å². The Labute approximate surface area is 119 Å². The molecule has 0 N–H and O–H groups in total. The molecule has 1 aliphatic rings. The standard InChI is InChI=1S/C12H12ClF2NO3S/c1-7-3-2-4-16(7)12(17)9-5-8(14)6-10(11(9)15)20(13,18)19/h5-7H,2-4H2,1H3. The van der Waals surface area contributed by atoms with Gasteiger partial charge in [-0.2, -0.15) is 0 Å². The number of carbonyl (C=O) groups excluding carboxylic acids is 1. The Morgan fingerprint density at radius 3 is 2.55 bits per heavy atom. The zero-order valence-corrected chi connectivity index (χ0v) is 12.1. The van der Waals surface area contributed by atoms with Crippen LogP contribution in [0.3, 0.4) is 0 Å². The molecule has 2 rings (SSSR count). The zero-order valence-electron chi connectivity index (χ0n) is 10.6. The molecule has 1 fully saturated rings. The van der Waals surface area contributed by atoms with Crippen LogP contribution < -0.4 is 0 Å². The monoisotopic (exact) mass is 323 g/mol. The highest BCUT2D eigenvalue weighted by atomic mass is 35.7. The third-order valence-electron chi connectivity index (χ3n) is 3.31. The van der Waals surface area contributed by atoms with Gasteiger partial charge in [0.05, 0.1) is 5.56 Å². The van der Waals surface area contributed by atoms with Crippen molar-refractivity contribution >= 4 is 25.6 Å². The first kappa shape index (κ1) is 15.2. The summed E-state index contributed by atoms with van der Waals surface area (Å²) in [6.45, 7) is 2.22. The second-order valence-corrected chi connectivity index (χ2v) is 7.23. The van der Waals surface area contributed by atoms with Crippen LogP contribution in [0.15, 0.2) is 17.0 Å². The van der Waals surface area contributed by atoms with Crippen LogP contribution in [0.1, 0.15) is 30.1 Å². The van der Waals surface area contributed by atoms with Gasteiger partial charge in [-0.05, 0) is 31.9 Å². The number of carbonyl (C=O) groups is 1. The van der Waals surface area contributed by atoms with Crippen molar-refractivity contribution in [3.05, 3.63) is 29.3 Å². The molecule has 8 heteroatoms. The van der Waals surface area contributed by atoms with Crippen molar-refractivity contribution in [3.8, 4) is 0 Å². The third kappa shape index (κ3) is 2.78. The lowest BCUT2D eigenvalue weighted by molar-refractivity contribution is 0.0741. The van der Waals surface area contributed by atoms with E-state index >= 15 is 0 Å². The Morgan fingerprint density at radius 1 is 1.40 bits per heavy atom. The van der Waals surface area contributed by atoms with Crippen LogP contribution in [-0.4, -0.2) is 31.8 Å². The number of rotatable bonds is 2. The minimum atomic E-state index is -4.46. The van der Waals surface area contributed by atoms with E-state index in [1.54, 1.807) is 6.92 Å². The van der Waals surface area contributed by atoms with Crippen molar-refractivity contribution < 1.29 is 22.0 Å². The highest BCUT2D eigenvalue weighted by Gasteiger charge is 2.31. The Morgan fingerprint density at radius 2 is 2.05 bits per heavy atom. The van der Waals surface area contributed by atoms with E-state index in [1.807, 2.05) is 0 Å². The van der Waals surface area contributed by atoms with E-state index in [0.29, 0.717) is 18.7 Å². The predicted molar refractivity (Wildman–Crippen MR) is 69.1 cm³/mol. The average molecular weight is 324 g/mol. The molecule has 1 amide bonds. The quantitative estimate of drug-likeness (QED) is 0.786. The maximum atomic E-state index is 14.1. The normalized spacial score (nSPS) is 19.4. The molecule has 0 saturated carbocycles. The molecular weight excluding hydrogens is 312 g/mol. The van der Waals surface area contributed by atoms with E-state index in [9.17, 15) is 22.0 Å². The molecule has 0 radical (unpaired) electrons. The molecule has 0 aromatic heterocycles. The van der Waals surface area contributed by atoms with Gasteiger partial charge in [-0.15, -0.1) is 0 Å². The van der Waals surface area contributed by atoms with E-state index in [-0.39, 0.29) is 6.04 Å². The van der Waals surface area contributed by atoms with Gasteiger partial charge in [0.2, 0.25) is 0 Å². The molecule has 1 aromatic carbocycles. The van der Waals surface area contributed by atoms with Gasteiger partial charge in [0.25, 0.3) is 15.0 Å². The fourth-order valence-electron chi connectivity index (χ4n) is 2.29. The molecular formula is C12H12ClF2NO3S. The molecule has 110 valence electrons. The zero-order chi connectivity index (χ0) is 15.1.